The zero-order valence-corrected chi connectivity index (χ0v) is 10.6. The predicted octanol–water partition coefficient (Wildman–Crippen LogP) is 3.53. The summed E-state index contributed by atoms with van der Waals surface area (Å²) in [5.41, 5.74) is 4.70. The van der Waals surface area contributed by atoms with Gasteiger partial charge in [-0.2, -0.15) is 0 Å². The van der Waals surface area contributed by atoms with Gasteiger partial charge >= 0.3 is 0 Å². The summed E-state index contributed by atoms with van der Waals surface area (Å²) in [7, 11) is 0. The molecule has 0 atom stereocenters. The van der Waals surface area contributed by atoms with Gasteiger partial charge in [0.25, 0.3) is 0 Å². The fourth-order valence-corrected chi connectivity index (χ4v) is 1.91. The predicted molar refractivity (Wildman–Crippen MR) is 70.5 cm³/mol. The minimum Gasteiger partial charge on any atom is -0.366 e. The highest BCUT2D eigenvalue weighted by Crippen LogP contribution is 2.23. The molecule has 0 spiro atoms. The summed E-state index contributed by atoms with van der Waals surface area (Å²) in [4.78, 5) is 2.21. The molecule has 0 bridgehead atoms. The molecule has 0 aromatic heterocycles. The van der Waals surface area contributed by atoms with Gasteiger partial charge in [0, 0.05) is 6.20 Å². The van der Waals surface area contributed by atoms with Crippen molar-refractivity contribution in [3.05, 3.63) is 48.0 Å². The number of hydrogen-bond acceptors (Lipinski definition) is 2. The molecule has 88 valence electrons. The monoisotopic (exact) mass is 218 g/mol. The van der Waals surface area contributed by atoms with Gasteiger partial charge in [-0.3, -0.25) is 0 Å². The summed E-state index contributed by atoms with van der Waals surface area (Å²) >= 11 is 0. The first-order valence-electron chi connectivity index (χ1n) is 5.80. The van der Waals surface area contributed by atoms with Crippen molar-refractivity contribution in [2.24, 2.45) is 0 Å². The summed E-state index contributed by atoms with van der Waals surface area (Å²) in [5, 5.41) is 3.26. The van der Waals surface area contributed by atoms with Crippen LogP contribution in [0.4, 0.5) is 0 Å². The quantitative estimate of drug-likeness (QED) is 0.776. The van der Waals surface area contributed by atoms with Crippen LogP contribution in [0.2, 0.25) is 0 Å². The minimum absolute atomic E-state index is 0.806. The van der Waals surface area contributed by atoms with Crippen LogP contribution >= 0.6 is 0 Å². The highest BCUT2D eigenvalue weighted by molar-refractivity contribution is 5.39. The second-order valence-corrected chi connectivity index (χ2v) is 4.24. The molecule has 0 aliphatic carbocycles. The van der Waals surface area contributed by atoms with Crippen molar-refractivity contribution in [3.63, 3.8) is 0 Å². The first-order chi connectivity index (χ1) is 7.60. The Morgan fingerprint density at radius 1 is 1.50 bits per heavy atom. The standard InChI is InChI=1S/C14H22N2/c1-6-8-11(3)9-16-10-15-13(5)14(16)12(4)7-2/h7,9,15H,2,5-6,8,10H2,1,3-4H3/b11-9+,14-12-. The van der Waals surface area contributed by atoms with E-state index in [1.807, 2.05) is 6.08 Å². The molecule has 1 fully saturated rings. The first-order valence-corrected chi connectivity index (χ1v) is 5.80. The minimum atomic E-state index is 0.806. The summed E-state index contributed by atoms with van der Waals surface area (Å²) in [6.07, 6.45) is 6.41. The maximum Gasteiger partial charge on any atom is 0.0920 e. The van der Waals surface area contributed by atoms with Crippen LogP contribution in [0, 0.1) is 0 Å². The third-order valence-electron chi connectivity index (χ3n) is 2.74. The van der Waals surface area contributed by atoms with Gasteiger partial charge in [-0.25, -0.2) is 0 Å². The van der Waals surface area contributed by atoms with Gasteiger partial charge in [0.2, 0.25) is 0 Å². The summed E-state index contributed by atoms with van der Waals surface area (Å²) in [5.74, 6) is 0. The highest BCUT2D eigenvalue weighted by Gasteiger charge is 2.19. The van der Waals surface area contributed by atoms with E-state index in [0.29, 0.717) is 0 Å². The van der Waals surface area contributed by atoms with E-state index in [-0.39, 0.29) is 0 Å². The molecule has 1 aliphatic heterocycles. The smallest absolute Gasteiger partial charge is 0.0920 e. The molecule has 1 aliphatic rings. The van der Waals surface area contributed by atoms with E-state index in [1.165, 1.54) is 12.0 Å². The molecule has 1 N–H and O–H groups in total. The Morgan fingerprint density at radius 2 is 2.19 bits per heavy atom. The van der Waals surface area contributed by atoms with Gasteiger partial charge in [-0.1, -0.05) is 38.2 Å². The Balaban J connectivity index is 2.93. The molecular formula is C14H22N2. The zero-order valence-electron chi connectivity index (χ0n) is 10.6. The van der Waals surface area contributed by atoms with E-state index in [9.17, 15) is 0 Å². The topological polar surface area (TPSA) is 15.3 Å². The number of allylic oxidation sites excluding steroid dienone is 3. The van der Waals surface area contributed by atoms with E-state index in [2.05, 4.69) is 50.3 Å². The average Bonchev–Trinajstić information content (AvgIpc) is 2.59. The molecule has 2 heteroatoms. The number of nitrogens with one attached hydrogen (secondary N) is 1. The highest BCUT2D eigenvalue weighted by atomic mass is 15.3. The van der Waals surface area contributed by atoms with Gasteiger partial charge in [-0.15, -0.1) is 0 Å². The van der Waals surface area contributed by atoms with Crippen LogP contribution in [0.25, 0.3) is 0 Å². The molecule has 1 rings (SSSR count). The normalized spacial score (nSPS) is 19.8. The summed E-state index contributed by atoms with van der Waals surface area (Å²) in [6, 6.07) is 0. The van der Waals surface area contributed by atoms with Crippen molar-refractivity contribution in [2.45, 2.75) is 33.6 Å². The summed E-state index contributed by atoms with van der Waals surface area (Å²) in [6.45, 7) is 15.1. The second kappa shape index (κ2) is 5.59. The largest absolute Gasteiger partial charge is 0.366 e. The molecule has 1 heterocycles. The van der Waals surface area contributed by atoms with E-state index < -0.39 is 0 Å². The van der Waals surface area contributed by atoms with Crippen LogP contribution in [-0.2, 0) is 0 Å². The Morgan fingerprint density at radius 3 is 2.75 bits per heavy atom. The lowest BCUT2D eigenvalue weighted by atomic mass is 10.1. The SMILES string of the molecule is C=C/C(C)=C1/C(=C)NCN1/C=C(\C)CCC. The molecule has 16 heavy (non-hydrogen) atoms. The van der Waals surface area contributed by atoms with E-state index in [4.69, 9.17) is 0 Å². The Kier molecular flexibility index (Phi) is 4.41. The lowest BCUT2D eigenvalue weighted by molar-refractivity contribution is 0.506. The zero-order chi connectivity index (χ0) is 12.1. The number of rotatable bonds is 4. The first kappa shape index (κ1) is 12.6. The van der Waals surface area contributed by atoms with E-state index in [1.54, 1.807) is 0 Å². The maximum absolute atomic E-state index is 4.02. The molecule has 0 aromatic rings. The number of nitrogens with zero attached hydrogens (tertiary/aromatic N) is 1. The van der Waals surface area contributed by atoms with Crippen LogP contribution in [0.3, 0.4) is 0 Å². The van der Waals surface area contributed by atoms with Gasteiger partial charge in [-0.05, 0) is 25.8 Å². The Bertz CT molecular complexity index is 348. The summed E-state index contributed by atoms with van der Waals surface area (Å²) < 4.78 is 0. The third kappa shape index (κ3) is 2.78. The van der Waals surface area contributed by atoms with Gasteiger partial charge in [0.1, 0.15) is 0 Å². The average molecular weight is 218 g/mol. The van der Waals surface area contributed by atoms with Gasteiger partial charge in [0.05, 0.1) is 18.1 Å². The lowest BCUT2D eigenvalue weighted by Gasteiger charge is -2.16. The Hall–Kier alpha value is -1.44. The van der Waals surface area contributed by atoms with Crippen molar-refractivity contribution >= 4 is 0 Å². The van der Waals surface area contributed by atoms with Gasteiger partial charge in [0.15, 0.2) is 0 Å². The molecule has 1 saturated heterocycles. The van der Waals surface area contributed by atoms with Crippen molar-refractivity contribution in [2.75, 3.05) is 6.67 Å². The fourth-order valence-electron chi connectivity index (χ4n) is 1.91. The maximum atomic E-state index is 4.02. The van der Waals surface area contributed by atoms with Gasteiger partial charge < -0.3 is 10.2 Å². The molecule has 2 nitrogen and oxygen atoms in total. The second-order valence-electron chi connectivity index (χ2n) is 4.24. The van der Waals surface area contributed by atoms with Crippen LogP contribution in [0.15, 0.2) is 48.0 Å². The van der Waals surface area contributed by atoms with Crippen LogP contribution in [-0.4, -0.2) is 11.6 Å². The molecular weight excluding hydrogens is 196 g/mol. The number of hydrogen-bond donors (Lipinski definition) is 1. The van der Waals surface area contributed by atoms with Crippen molar-refractivity contribution < 1.29 is 0 Å². The van der Waals surface area contributed by atoms with Crippen molar-refractivity contribution in [1.29, 1.82) is 0 Å². The van der Waals surface area contributed by atoms with Crippen LogP contribution in [0.1, 0.15) is 33.6 Å². The molecule has 0 amide bonds. The van der Waals surface area contributed by atoms with Crippen molar-refractivity contribution in [3.8, 4) is 0 Å². The van der Waals surface area contributed by atoms with E-state index in [0.717, 1.165) is 30.1 Å². The Labute approximate surface area is 99.0 Å². The fraction of sp³-hybridized carbons (Fsp3) is 0.429. The van der Waals surface area contributed by atoms with E-state index >= 15 is 0 Å². The van der Waals surface area contributed by atoms with Crippen molar-refractivity contribution in [1.82, 2.24) is 10.2 Å². The van der Waals surface area contributed by atoms with Crippen LogP contribution in [0.5, 0.6) is 0 Å². The van der Waals surface area contributed by atoms with Crippen LogP contribution < -0.4 is 5.32 Å². The lowest BCUT2D eigenvalue weighted by Crippen LogP contribution is -2.15. The molecule has 0 radical (unpaired) electrons. The molecule has 0 aromatic carbocycles. The third-order valence-corrected chi connectivity index (χ3v) is 2.74. The molecule has 0 saturated carbocycles. The molecule has 0 unspecified atom stereocenters.